The van der Waals surface area contributed by atoms with Crippen LogP contribution in [0, 0.1) is 0 Å². The lowest BCUT2D eigenvalue weighted by atomic mass is 10.0. The van der Waals surface area contributed by atoms with Crippen molar-refractivity contribution in [2.75, 3.05) is 13.9 Å². The fourth-order valence-corrected chi connectivity index (χ4v) is 2.01. The van der Waals surface area contributed by atoms with Gasteiger partial charge >= 0.3 is 0 Å². The highest BCUT2D eigenvalue weighted by molar-refractivity contribution is 5.49. The molecule has 0 spiro atoms. The average molecular weight is 284 g/mol. The Hall–Kier alpha value is -1.94. The minimum atomic E-state index is -0.735. The molecule has 0 fully saturated rings. The van der Waals surface area contributed by atoms with Crippen LogP contribution in [0.25, 0.3) is 6.08 Å². The van der Waals surface area contributed by atoms with Crippen LogP contribution in [0.4, 0.5) is 0 Å². The van der Waals surface area contributed by atoms with Crippen molar-refractivity contribution in [3.05, 3.63) is 77.9 Å². The van der Waals surface area contributed by atoms with Gasteiger partial charge in [-0.15, -0.1) is 0 Å². The third kappa shape index (κ3) is 4.83. The van der Waals surface area contributed by atoms with Gasteiger partial charge in [0, 0.05) is 7.11 Å². The Bertz CT molecular complexity index is 537. The molecular formula is C18H20O3. The molecule has 0 aliphatic heterocycles. The van der Waals surface area contributed by atoms with Crippen molar-refractivity contribution in [1.29, 1.82) is 0 Å². The summed E-state index contributed by atoms with van der Waals surface area (Å²) in [5.41, 5.74) is 1.88. The second-order valence-corrected chi connectivity index (χ2v) is 4.66. The van der Waals surface area contributed by atoms with Crippen LogP contribution in [-0.2, 0) is 9.47 Å². The van der Waals surface area contributed by atoms with Crippen molar-refractivity contribution in [1.82, 2.24) is 0 Å². The Morgan fingerprint density at radius 1 is 1.00 bits per heavy atom. The smallest absolute Gasteiger partial charge is 0.147 e. The number of rotatable bonds is 7. The van der Waals surface area contributed by atoms with E-state index in [0.717, 1.165) is 11.1 Å². The molecule has 110 valence electrons. The zero-order chi connectivity index (χ0) is 14.9. The second kappa shape index (κ2) is 8.37. The van der Waals surface area contributed by atoms with Gasteiger partial charge in [0.15, 0.2) is 0 Å². The molecule has 0 aliphatic carbocycles. The number of hydrogen-bond acceptors (Lipinski definition) is 3. The van der Waals surface area contributed by atoms with Crippen LogP contribution < -0.4 is 0 Å². The standard InChI is InChI=1S/C18H20O3/c1-20-14-21-17(13-12-15-8-4-2-5-9-15)18(19)16-10-6-3-7-11-16/h2-13,17-19H,14H2,1H3/b13-12-/t17-,18+/m0/s1. The van der Waals surface area contributed by atoms with Crippen LogP contribution in [0.15, 0.2) is 66.7 Å². The number of ether oxygens (including phenoxy) is 2. The largest absolute Gasteiger partial charge is 0.385 e. The van der Waals surface area contributed by atoms with Crippen molar-refractivity contribution < 1.29 is 14.6 Å². The van der Waals surface area contributed by atoms with Crippen LogP contribution in [0.2, 0.25) is 0 Å². The lowest BCUT2D eigenvalue weighted by Gasteiger charge is -2.20. The maximum Gasteiger partial charge on any atom is 0.147 e. The number of hydrogen-bond donors (Lipinski definition) is 1. The van der Waals surface area contributed by atoms with Gasteiger partial charge in [0.1, 0.15) is 19.0 Å². The van der Waals surface area contributed by atoms with E-state index in [1.165, 1.54) is 0 Å². The lowest BCUT2D eigenvalue weighted by Crippen LogP contribution is -2.21. The Morgan fingerprint density at radius 3 is 2.24 bits per heavy atom. The van der Waals surface area contributed by atoms with Gasteiger partial charge in [0.2, 0.25) is 0 Å². The van der Waals surface area contributed by atoms with E-state index < -0.39 is 12.2 Å². The number of benzene rings is 2. The van der Waals surface area contributed by atoms with Crippen LogP contribution >= 0.6 is 0 Å². The molecule has 0 saturated heterocycles. The fraction of sp³-hybridized carbons (Fsp3) is 0.222. The van der Waals surface area contributed by atoms with E-state index in [4.69, 9.17) is 9.47 Å². The summed E-state index contributed by atoms with van der Waals surface area (Å²) in [6.45, 7) is 0.133. The molecular weight excluding hydrogens is 264 g/mol. The fourth-order valence-electron chi connectivity index (χ4n) is 2.01. The van der Waals surface area contributed by atoms with Gasteiger partial charge in [0.05, 0.1) is 0 Å². The first-order valence-corrected chi connectivity index (χ1v) is 6.88. The van der Waals surface area contributed by atoms with Gasteiger partial charge in [-0.1, -0.05) is 72.8 Å². The van der Waals surface area contributed by atoms with Crippen molar-refractivity contribution in [2.24, 2.45) is 0 Å². The minimum absolute atomic E-state index is 0.133. The first kappa shape index (κ1) is 15.4. The zero-order valence-electron chi connectivity index (χ0n) is 12.1. The maximum atomic E-state index is 10.5. The van der Waals surface area contributed by atoms with Crippen molar-refractivity contribution in [2.45, 2.75) is 12.2 Å². The predicted molar refractivity (Wildman–Crippen MR) is 83.6 cm³/mol. The minimum Gasteiger partial charge on any atom is -0.385 e. The summed E-state index contributed by atoms with van der Waals surface area (Å²) in [6, 6.07) is 19.4. The molecule has 0 aromatic heterocycles. The van der Waals surface area contributed by atoms with E-state index in [-0.39, 0.29) is 6.79 Å². The first-order valence-electron chi connectivity index (χ1n) is 6.88. The molecule has 21 heavy (non-hydrogen) atoms. The van der Waals surface area contributed by atoms with Gasteiger partial charge in [-0.05, 0) is 11.1 Å². The molecule has 1 N–H and O–H groups in total. The number of aliphatic hydroxyl groups excluding tert-OH is 1. The summed E-state index contributed by atoms with van der Waals surface area (Å²) in [5.74, 6) is 0. The molecule has 0 unspecified atom stereocenters. The van der Waals surface area contributed by atoms with Crippen LogP contribution in [0.5, 0.6) is 0 Å². The summed E-state index contributed by atoms with van der Waals surface area (Å²) in [5, 5.41) is 10.5. The summed E-state index contributed by atoms with van der Waals surface area (Å²) in [7, 11) is 1.56. The average Bonchev–Trinajstić information content (AvgIpc) is 2.56. The van der Waals surface area contributed by atoms with E-state index >= 15 is 0 Å². The highest BCUT2D eigenvalue weighted by Gasteiger charge is 2.18. The molecule has 3 nitrogen and oxygen atoms in total. The summed E-state index contributed by atoms with van der Waals surface area (Å²) >= 11 is 0. The molecule has 3 heteroatoms. The molecule has 2 atom stereocenters. The Morgan fingerprint density at radius 2 is 1.62 bits per heavy atom. The quantitative estimate of drug-likeness (QED) is 0.792. The second-order valence-electron chi connectivity index (χ2n) is 4.66. The molecule has 0 bridgehead atoms. The molecule has 2 aromatic rings. The highest BCUT2D eigenvalue weighted by atomic mass is 16.7. The molecule has 0 amide bonds. The Kier molecular flexibility index (Phi) is 6.16. The van der Waals surface area contributed by atoms with Crippen molar-refractivity contribution in [3.8, 4) is 0 Å². The van der Waals surface area contributed by atoms with E-state index in [9.17, 15) is 5.11 Å². The van der Waals surface area contributed by atoms with Gasteiger partial charge < -0.3 is 14.6 Å². The molecule has 0 saturated carbocycles. The topological polar surface area (TPSA) is 38.7 Å². The Labute approximate surface area is 125 Å². The zero-order valence-corrected chi connectivity index (χ0v) is 12.1. The number of aliphatic hydroxyl groups is 1. The maximum absolute atomic E-state index is 10.5. The molecule has 2 aromatic carbocycles. The predicted octanol–water partition coefficient (Wildman–Crippen LogP) is 3.42. The monoisotopic (exact) mass is 284 g/mol. The van der Waals surface area contributed by atoms with Gasteiger partial charge in [0.25, 0.3) is 0 Å². The van der Waals surface area contributed by atoms with Crippen molar-refractivity contribution >= 4 is 6.08 Å². The number of methoxy groups -OCH3 is 1. The van der Waals surface area contributed by atoms with E-state index in [2.05, 4.69) is 0 Å². The molecule has 2 rings (SSSR count). The summed E-state index contributed by atoms with van der Waals surface area (Å²) in [6.07, 6.45) is 2.59. The summed E-state index contributed by atoms with van der Waals surface area (Å²) < 4.78 is 10.5. The van der Waals surface area contributed by atoms with Gasteiger partial charge in [-0.2, -0.15) is 0 Å². The third-order valence-electron chi connectivity index (χ3n) is 3.11. The van der Waals surface area contributed by atoms with Crippen LogP contribution in [0.1, 0.15) is 17.2 Å². The van der Waals surface area contributed by atoms with Gasteiger partial charge in [-0.3, -0.25) is 0 Å². The van der Waals surface area contributed by atoms with E-state index in [1.54, 1.807) is 7.11 Å². The third-order valence-corrected chi connectivity index (χ3v) is 3.11. The van der Waals surface area contributed by atoms with E-state index in [1.807, 2.05) is 72.8 Å². The van der Waals surface area contributed by atoms with Crippen LogP contribution in [-0.4, -0.2) is 25.1 Å². The normalized spacial score (nSPS) is 14.2. The molecule has 0 heterocycles. The highest BCUT2D eigenvalue weighted by Crippen LogP contribution is 2.21. The molecule has 0 radical (unpaired) electrons. The first-order chi connectivity index (χ1) is 10.3. The Balaban J connectivity index is 2.12. The SMILES string of the molecule is COCO[C@@H](/C=C\c1ccccc1)[C@H](O)c1ccccc1. The van der Waals surface area contributed by atoms with Crippen molar-refractivity contribution in [3.63, 3.8) is 0 Å². The van der Waals surface area contributed by atoms with E-state index in [0.29, 0.717) is 0 Å². The van der Waals surface area contributed by atoms with Crippen LogP contribution in [0.3, 0.4) is 0 Å². The lowest BCUT2D eigenvalue weighted by molar-refractivity contribution is -0.0938. The summed E-state index contributed by atoms with van der Waals surface area (Å²) in [4.78, 5) is 0. The molecule has 0 aliphatic rings. The van der Waals surface area contributed by atoms with Gasteiger partial charge in [-0.25, -0.2) is 0 Å².